The standard InChI is InChI=1S/C17H26O2.C15H20O7.C14H20O3.C10H16O4.C10H16O2.C8H10O4/c1-10(2)16(18)19-17(11(3)4)14-6-12-5-13(8-14)9-15(17)7-12;1-4-15(2,3)14(18)19-6-9(16)21-11-8-5-7-10(20-8)12(11)22-13(7)17;1-9(2)12(15)17-14-6-10-3-11(7-14)5-13(16,4-10)8-14;1-4-10(2,3)9(12)14-7-5-6-13-8(7)11;1-8(2)9(11)12-10(3)6-4-5-7-10;1-5(2)7(9)12-6-3-4-11-8(6)10/h11-15H,1,5-9H2,2-4H3;7-8,10-12H,4-6H2,1-3H3;10-11,16H,1,3-8H2,2H3;7H,4-6H2,1-3H3;1,4-7H2,2-3H3;6H,1,3-4H2,2H3. The monoisotopic (exact) mass is 1350 g/mol. The van der Waals surface area contributed by atoms with Crippen LogP contribution in [0.4, 0.5) is 0 Å². The maximum atomic E-state index is 12.1. The Kier molecular flexibility index (Phi) is 25.0. The van der Waals surface area contributed by atoms with Crippen LogP contribution >= 0.6 is 0 Å². The minimum absolute atomic E-state index is 0.179. The molecule has 22 heteroatoms. The molecule has 5 aliphatic heterocycles. The van der Waals surface area contributed by atoms with Gasteiger partial charge in [-0.1, -0.05) is 54.0 Å². The van der Waals surface area contributed by atoms with Crippen LogP contribution in [-0.4, -0.2) is 144 Å². The number of fused-ring (bicyclic) bond motifs is 1. The zero-order valence-electron chi connectivity index (χ0n) is 59.2. The van der Waals surface area contributed by atoms with Gasteiger partial charge in [0.1, 0.15) is 22.9 Å². The van der Waals surface area contributed by atoms with Gasteiger partial charge in [0.2, 0.25) is 12.2 Å². The first kappa shape index (κ1) is 76.9. The lowest BCUT2D eigenvalue weighted by atomic mass is 9.47. The van der Waals surface area contributed by atoms with Crippen molar-refractivity contribution in [3.8, 4) is 0 Å². The molecule has 9 aliphatic carbocycles. The number of carbonyl (C=O) groups is 10. The van der Waals surface area contributed by atoms with Crippen molar-refractivity contribution in [2.75, 3.05) is 19.8 Å². The van der Waals surface area contributed by atoms with Crippen molar-refractivity contribution >= 4 is 59.7 Å². The normalized spacial score (nSPS) is 33.5. The van der Waals surface area contributed by atoms with Crippen LogP contribution in [0, 0.1) is 58.2 Å². The second-order valence-electron chi connectivity index (χ2n) is 31.2. The Bertz CT molecular complexity index is 2940. The van der Waals surface area contributed by atoms with Crippen molar-refractivity contribution in [3.05, 3.63) is 48.6 Å². The summed E-state index contributed by atoms with van der Waals surface area (Å²) in [5.74, 6) is 0.373. The molecule has 0 radical (unpaired) electrons. The average molecular weight is 1350 g/mol. The van der Waals surface area contributed by atoms with Gasteiger partial charge in [-0.25, -0.2) is 33.6 Å². The molecule has 0 aromatic rings. The fraction of sp³-hybridized carbons (Fsp3) is 0.757. The second kappa shape index (κ2) is 31.2. The number of cyclic esters (lactones) is 2. The second-order valence-corrected chi connectivity index (χ2v) is 31.2. The molecule has 96 heavy (non-hydrogen) atoms. The van der Waals surface area contributed by atoms with Gasteiger partial charge in [0, 0.05) is 41.6 Å². The molecule has 9 unspecified atom stereocenters. The van der Waals surface area contributed by atoms with E-state index in [1.165, 1.54) is 58.3 Å². The SMILES string of the molecule is C=C(C)C(=O)OC1(C(C)C)C2CC3CC(C2)CC1C3.C=C(C)C(=O)OC1(C)CCCC1.C=C(C)C(=O)OC12CC3CC(CC(O)(C3)C1)C2.C=C(C)C(=O)OC1CCOC1=O.CCC(C)(C)C(=O)OC1CCOC1=O.CCC(C)(C)C(=O)OCC(=O)OC1C2CC3C(=O)OC1C3O2. The third kappa shape index (κ3) is 18.5. The van der Waals surface area contributed by atoms with E-state index in [0.29, 0.717) is 98.0 Å². The summed E-state index contributed by atoms with van der Waals surface area (Å²) >= 11 is 0. The van der Waals surface area contributed by atoms with Gasteiger partial charge in [-0.05, 0) is 213 Å². The molecule has 22 nitrogen and oxygen atoms in total. The molecule has 0 aromatic heterocycles. The van der Waals surface area contributed by atoms with Crippen molar-refractivity contribution in [2.45, 2.75) is 277 Å². The molecule has 14 rings (SSSR count). The minimum Gasteiger partial charge on any atom is -0.463 e. The first-order valence-corrected chi connectivity index (χ1v) is 34.8. The van der Waals surface area contributed by atoms with Crippen molar-refractivity contribution in [2.24, 2.45) is 58.2 Å². The maximum Gasteiger partial charge on any atom is 0.347 e. The number of carbonyl (C=O) groups excluding carboxylic acids is 10. The van der Waals surface area contributed by atoms with Gasteiger partial charge >= 0.3 is 59.7 Å². The molecule has 9 saturated carbocycles. The van der Waals surface area contributed by atoms with Crippen molar-refractivity contribution in [3.63, 3.8) is 0 Å². The molecule has 0 amide bonds. The van der Waals surface area contributed by atoms with Crippen LogP contribution in [0.5, 0.6) is 0 Å². The molecular formula is C74H108O22. The van der Waals surface area contributed by atoms with Crippen LogP contribution in [0.25, 0.3) is 0 Å². The Morgan fingerprint density at radius 3 is 1.51 bits per heavy atom. The van der Waals surface area contributed by atoms with E-state index in [4.69, 9.17) is 47.4 Å². The number of aliphatic hydroxyl groups is 1. The summed E-state index contributed by atoms with van der Waals surface area (Å²) in [6, 6.07) is 0. The first-order chi connectivity index (χ1) is 44.8. The molecule has 10 bridgehead atoms. The van der Waals surface area contributed by atoms with Gasteiger partial charge in [0.05, 0.1) is 41.7 Å². The summed E-state index contributed by atoms with van der Waals surface area (Å²) in [4.78, 5) is 115. The summed E-state index contributed by atoms with van der Waals surface area (Å²) in [5, 5.41) is 10.5. The zero-order valence-corrected chi connectivity index (χ0v) is 59.2. The number of esters is 10. The van der Waals surface area contributed by atoms with E-state index in [1.807, 2.05) is 20.8 Å². The molecule has 0 aromatic carbocycles. The van der Waals surface area contributed by atoms with Gasteiger partial charge in [0.25, 0.3) is 0 Å². The van der Waals surface area contributed by atoms with Crippen molar-refractivity contribution in [1.29, 1.82) is 0 Å². The maximum absolute atomic E-state index is 12.1. The van der Waals surface area contributed by atoms with Crippen LogP contribution < -0.4 is 0 Å². The molecule has 9 atom stereocenters. The van der Waals surface area contributed by atoms with E-state index in [2.05, 4.69) is 44.9 Å². The van der Waals surface area contributed by atoms with Gasteiger partial charge < -0.3 is 57.2 Å². The Morgan fingerprint density at radius 1 is 0.583 bits per heavy atom. The third-order valence-corrected chi connectivity index (χ3v) is 21.8. The quantitative estimate of drug-likeness (QED) is 0.0804. The van der Waals surface area contributed by atoms with E-state index in [1.54, 1.807) is 48.5 Å². The molecule has 14 aliphatic rings. The number of ether oxygens (including phenoxy) is 11. The summed E-state index contributed by atoms with van der Waals surface area (Å²) < 4.78 is 57.3. The molecule has 5 heterocycles. The molecule has 1 N–H and O–H groups in total. The molecule has 536 valence electrons. The molecule has 0 spiro atoms. The number of hydrogen-bond acceptors (Lipinski definition) is 22. The van der Waals surface area contributed by atoms with Gasteiger partial charge in [-0.2, -0.15) is 0 Å². The lowest BCUT2D eigenvalue weighted by Gasteiger charge is -2.61. The zero-order chi connectivity index (χ0) is 71.2. The van der Waals surface area contributed by atoms with Gasteiger partial charge in [0.15, 0.2) is 18.8 Å². The number of rotatable bonds is 17. The van der Waals surface area contributed by atoms with Gasteiger partial charge in [-0.15, -0.1) is 0 Å². The number of hydrogen-bond donors (Lipinski definition) is 1. The largest absolute Gasteiger partial charge is 0.463 e. The smallest absolute Gasteiger partial charge is 0.347 e. The average Bonchev–Trinajstić information content (AvgIpc) is 1.47. The summed E-state index contributed by atoms with van der Waals surface area (Å²) in [7, 11) is 0. The summed E-state index contributed by atoms with van der Waals surface area (Å²) in [6.45, 7) is 38.6. The van der Waals surface area contributed by atoms with Crippen molar-refractivity contribution in [1.82, 2.24) is 0 Å². The summed E-state index contributed by atoms with van der Waals surface area (Å²) in [5.41, 5.74) is -0.778. The highest BCUT2D eigenvalue weighted by Crippen LogP contribution is 2.62. The Balaban J connectivity index is 0.000000165. The van der Waals surface area contributed by atoms with Crippen LogP contribution in [0.1, 0.15) is 218 Å². The van der Waals surface area contributed by atoms with E-state index < -0.39 is 82.9 Å². The Hall–Kier alpha value is -6.42. The van der Waals surface area contributed by atoms with Crippen LogP contribution in [-0.2, 0) is 100 Å². The van der Waals surface area contributed by atoms with E-state index in [-0.39, 0.29) is 64.7 Å². The highest BCUT2D eigenvalue weighted by Gasteiger charge is 2.66. The highest BCUT2D eigenvalue weighted by atomic mass is 16.7. The van der Waals surface area contributed by atoms with E-state index >= 15 is 0 Å². The topological polar surface area (TPSA) is 292 Å². The predicted octanol–water partition coefficient (Wildman–Crippen LogP) is 10.9. The fourth-order valence-corrected chi connectivity index (χ4v) is 16.3. The Labute approximate surface area is 566 Å². The van der Waals surface area contributed by atoms with E-state index in [0.717, 1.165) is 50.4 Å². The lowest BCUT2D eigenvalue weighted by molar-refractivity contribution is -0.221. The van der Waals surface area contributed by atoms with Crippen LogP contribution in [0.3, 0.4) is 0 Å². The lowest BCUT2D eigenvalue weighted by Crippen LogP contribution is -2.62. The molecular weight excluding hydrogens is 1240 g/mol. The molecule has 5 saturated heterocycles. The Morgan fingerprint density at radius 2 is 1.05 bits per heavy atom. The van der Waals surface area contributed by atoms with Crippen molar-refractivity contribution < 1.29 is 105 Å². The third-order valence-electron chi connectivity index (χ3n) is 21.8. The summed E-state index contributed by atoms with van der Waals surface area (Å²) in [6.07, 6.45) is 15.9. The minimum atomic E-state index is -0.728. The highest BCUT2D eigenvalue weighted by molar-refractivity contribution is 5.90. The van der Waals surface area contributed by atoms with Crippen LogP contribution in [0.15, 0.2) is 48.6 Å². The van der Waals surface area contributed by atoms with E-state index in [9.17, 15) is 53.1 Å². The predicted molar refractivity (Wildman–Crippen MR) is 348 cm³/mol. The van der Waals surface area contributed by atoms with Crippen LogP contribution in [0.2, 0.25) is 0 Å². The van der Waals surface area contributed by atoms with Gasteiger partial charge in [-0.3, -0.25) is 14.4 Å². The molecule has 14 fully saturated rings. The fourth-order valence-electron chi connectivity index (χ4n) is 16.3. The first-order valence-electron chi connectivity index (χ1n) is 34.8.